The van der Waals surface area contributed by atoms with Crippen molar-refractivity contribution in [1.29, 1.82) is 0 Å². The highest BCUT2D eigenvalue weighted by Crippen LogP contribution is 2.48. The fourth-order valence-electron chi connectivity index (χ4n) is 2.98. The molecular formula is C23H34O4. The maximum Gasteiger partial charge on any atom is 0.207 e. The SMILES string of the molecule is C/C=C/CC/C(C)=C\CC/C(C)=C/Cc1c(C)c(O)c(OC)c(OC)c1O. The zero-order chi connectivity index (χ0) is 20.4. The van der Waals surface area contributed by atoms with Gasteiger partial charge in [-0.1, -0.05) is 35.5 Å². The normalized spacial score (nSPS) is 12.7. The van der Waals surface area contributed by atoms with E-state index in [1.165, 1.54) is 25.4 Å². The van der Waals surface area contributed by atoms with Crippen LogP contribution in [-0.4, -0.2) is 24.4 Å². The van der Waals surface area contributed by atoms with Crippen molar-refractivity contribution in [3.63, 3.8) is 0 Å². The third-order valence-electron chi connectivity index (χ3n) is 4.77. The number of benzene rings is 1. The van der Waals surface area contributed by atoms with Gasteiger partial charge in [0.2, 0.25) is 11.5 Å². The molecule has 0 radical (unpaired) electrons. The molecule has 0 bridgehead atoms. The lowest BCUT2D eigenvalue weighted by molar-refractivity contribution is 0.314. The molecule has 1 aromatic rings. The standard InChI is InChI=1S/C23H34O4/c1-7-8-9-11-16(2)12-10-13-17(3)14-15-19-18(4)20(24)22(26-5)23(27-6)21(19)25/h7-8,12,14,24-25H,9-11,13,15H2,1-6H3/b8-7+,16-12-,17-14+. The van der Waals surface area contributed by atoms with Crippen LogP contribution in [-0.2, 0) is 6.42 Å². The molecule has 0 amide bonds. The Morgan fingerprint density at radius 3 is 2.04 bits per heavy atom. The van der Waals surface area contributed by atoms with Crippen LogP contribution in [0.25, 0.3) is 0 Å². The number of hydrogen-bond donors (Lipinski definition) is 2. The third-order valence-corrected chi connectivity index (χ3v) is 4.77. The predicted molar refractivity (Wildman–Crippen MR) is 112 cm³/mol. The highest BCUT2D eigenvalue weighted by molar-refractivity contribution is 5.66. The minimum Gasteiger partial charge on any atom is -0.504 e. The van der Waals surface area contributed by atoms with Crippen molar-refractivity contribution in [2.75, 3.05) is 14.2 Å². The molecule has 0 spiro atoms. The van der Waals surface area contributed by atoms with E-state index in [9.17, 15) is 10.2 Å². The summed E-state index contributed by atoms with van der Waals surface area (Å²) in [6.45, 7) is 8.09. The van der Waals surface area contributed by atoms with Gasteiger partial charge in [0.1, 0.15) is 0 Å². The smallest absolute Gasteiger partial charge is 0.207 e. The monoisotopic (exact) mass is 374 g/mol. The summed E-state index contributed by atoms with van der Waals surface area (Å²) in [4.78, 5) is 0. The summed E-state index contributed by atoms with van der Waals surface area (Å²) < 4.78 is 10.4. The highest BCUT2D eigenvalue weighted by atomic mass is 16.5. The Balaban J connectivity index is 2.81. The van der Waals surface area contributed by atoms with Crippen molar-refractivity contribution < 1.29 is 19.7 Å². The number of hydrogen-bond acceptors (Lipinski definition) is 4. The first kappa shape index (κ1) is 22.7. The summed E-state index contributed by atoms with van der Waals surface area (Å²) in [6, 6.07) is 0. The van der Waals surface area contributed by atoms with Crippen LogP contribution in [0, 0.1) is 6.92 Å². The maximum absolute atomic E-state index is 10.5. The minimum atomic E-state index is 0.00731. The van der Waals surface area contributed by atoms with Crippen molar-refractivity contribution >= 4 is 0 Å². The number of ether oxygens (including phenoxy) is 2. The minimum absolute atomic E-state index is 0.00731. The quantitative estimate of drug-likeness (QED) is 0.390. The Morgan fingerprint density at radius 1 is 0.889 bits per heavy atom. The van der Waals surface area contributed by atoms with Crippen LogP contribution >= 0.6 is 0 Å². The second-order valence-corrected chi connectivity index (χ2v) is 6.82. The van der Waals surface area contributed by atoms with Gasteiger partial charge in [-0.15, -0.1) is 0 Å². The van der Waals surface area contributed by atoms with Gasteiger partial charge >= 0.3 is 0 Å². The third kappa shape index (κ3) is 6.38. The first-order valence-electron chi connectivity index (χ1n) is 9.45. The lowest BCUT2D eigenvalue weighted by Gasteiger charge is -2.17. The predicted octanol–water partition coefficient (Wildman–Crippen LogP) is 6.00. The van der Waals surface area contributed by atoms with Crippen LogP contribution in [0.3, 0.4) is 0 Å². The van der Waals surface area contributed by atoms with Crippen molar-refractivity contribution in [2.24, 2.45) is 0 Å². The molecule has 4 nitrogen and oxygen atoms in total. The van der Waals surface area contributed by atoms with Crippen LogP contribution in [0.4, 0.5) is 0 Å². The van der Waals surface area contributed by atoms with Crippen LogP contribution in [0.1, 0.15) is 57.6 Å². The van der Waals surface area contributed by atoms with E-state index < -0.39 is 0 Å². The van der Waals surface area contributed by atoms with Crippen LogP contribution in [0.15, 0.2) is 35.5 Å². The topological polar surface area (TPSA) is 58.9 Å². The Kier molecular flexibility index (Phi) is 9.55. The van der Waals surface area contributed by atoms with Gasteiger partial charge in [0.05, 0.1) is 14.2 Å². The molecule has 1 rings (SSSR count). The van der Waals surface area contributed by atoms with Crippen LogP contribution in [0.2, 0.25) is 0 Å². The number of phenols is 2. The molecule has 27 heavy (non-hydrogen) atoms. The lowest BCUT2D eigenvalue weighted by atomic mass is 9.99. The van der Waals surface area contributed by atoms with E-state index in [0.29, 0.717) is 17.5 Å². The van der Waals surface area contributed by atoms with E-state index in [2.05, 4.69) is 38.2 Å². The van der Waals surface area contributed by atoms with Crippen molar-refractivity contribution in [3.05, 3.63) is 46.6 Å². The molecule has 0 saturated carbocycles. The molecule has 0 atom stereocenters. The van der Waals surface area contributed by atoms with Gasteiger partial charge in [-0.25, -0.2) is 0 Å². The summed E-state index contributed by atoms with van der Waals surface area (Å²) in [5.74, 6) is 0.359. The summed E-state index contributed by atoms with van der Waals surface area (Å²) >= 11 is 0. The number of methoxy groups -OCH3 is 2. The Bertz CT molecular complexity index is 712. The average molecular weight is 375 g/mol. The number of aromatic hydroxyl groups is 2. The van der Waals surface area contributed by atoms with E-state index in [-0.39, 0.29) is 23.0 Å². The molecule has 0 heterocycles. The average Bonchev–Trinajstić information content (AvgIpc) is 2.64. The Hall–Kier alpha value is -2.36. The fourth-order valence-corrected chi connectivity index (χ4v) is 2.98. The molecule has 0 aliphatic heterocycles. The largest absolute Gasteiger partial charge is 0.504 e. The molecule has 0 aliphatic carbocycles. The molecule has 1 aromatic carbocycles. The zero-order valence-electron chi connectivity index (χ0n) is 17.6. The molecule has 0 fully saturated rings. The second kappa shape index (κ2) is 11.4. The molecule has 0 unspecified atom stereocenters. The molecular weight excluding hydrogens is 340 g/mol. The first-order chi connectivity index (χ1) is 12.9. The molecule has 0 aliphatic rings. The maximum atomic E-state index is 10.5. The van der Waals surface area contributed by atoms with E-state index in [4.69, 9.17) is 9.47 Å². The van der Waals surface area contributed by atoms with Gasteiger partial charge in [0.25, 0.3) is 0 Å². The van der Waals surface area contributed by atoms with Crippen molar-refractivity contribution in [2.45, 2.75) is 59.8 Å². The van der Waals surface area contributed by atoms with Crippen LogP contribution < -0.4 is 9.47 Å². The van der Waals surface area contributed by atoms with Crippen LogP contribution in [0.5, 0.6) is 23.0 Å². The van der Waals surface area contributed by atoms with Gasteiger partial charge in [-0.3, -0.25) is 0 Å². The zero-order valence-corrected chi connectivity index (χ0v) is 17.6. The molecule has 2 N–H and O–H groups in total. The summed E-state index contributed by atoms with van der Waals surface area (Å²) in [5, 5.41) is 20.8. The summed E-state index contributed by atoms with van der Waals surface area (Å²) in [6.07, 6.45) is 13.4. The number of rotatable bonds is 10. The number of allylic oxidation sites excluding steroid dienone is 6. The van der Waals surface area contributed by atoms with Gasteiger partial charge < -0.3 is 19.7 Å². The van der Waals surface area contributed by atoms with Gasteiger partial charge in [0, 0.05) is 11.1 Å². The number of phenolic OH excluding ortho intramolecular Hbond substituents is 2. The van der Waals surface area contributed by atoms with Crippen molar-refractivity contribution in [3.8, 4) is 23.0 Å². The Labute approximate surface area is 163 Å². The van der Waals surface area contributed by atoms with Gasteiger partial charge in [0.15, 0.2) is 11.5 Å². The Morgan fingerprint density at radius 2 is 1.44 bits per heavy atom. The molecule has 0 saturated heterocycles. The van der Waals surface area contributed by atoms with Crippen molar-refractivity contribution in [1.82, 2.24) is 0 Å². The lowest BCUT2D eigenvalue weighted by Crippen LogP contribution is -1.98. The fraction of sp³-hybridized carbons (Fsp3) is 0.478. The molecule has 4 heteroatoms. The first-order valence-corrected chi connectivity index (χ1v) is 9.45. The van der Waals surface area contributed by atoms with E-state index in [1.54, 1.807) is 6.92 Å². The second-order valence-electron chi connectivity index (χ2n) is 6.82. The van der Waals surface area contributed by atoms with Gasteiger partial charge in [-0.05, 0) is 59.8 Å². The van der Waals surface area contributed by atoms with E-state index in [0.717, 1.165) is 25.7 Å². The highest BCUT2D eigenvalue weighted by Gasteiger charge is 2.22. The molecule has 0 aromatic heterocycles. The summed E-state index contributed by atoms with van der Waals surface area (Å²) in [7, 11) is 2.89. The van der Waals surface area contributed by atoms with Gasteiger partial charge in [-0.2, -0.15) is 0 Å². The van der Waals surface area contributed by atoms with E-state index >= 15 is 0 Å². The molecule has 150 valence electrons. The van der Waals surface area contributed by atoms with E-state index in [1.807, 2.05) is 6.92 Å². The summed E-state index contributed by atoms with van der Waals surface area (Å²) in [5.41, 5.74) is 3.93.